The molecular weight excluding hydrogens is 282 g/mol. The fraction of sp³-hybridized carbons (Fsp3) is 0.250. The van der Waals surface area contributed by atoms with Gasteiger partial charge in [-0.2, -0.15) is 5.10 Å². The molecule has 4 rings (SSSR count). The summed E-state index contributed by atoms with van der Waals surface area (Å²) in [6, 6.07) is 10.0. The van der Waals surface area contributed by atoms with Crippen molar-refractivity contribution in [2.45, 2.75) is 19.5 Å². The van der Waals surface area contributed by atoms with E-state index in [9.17, 15) is 4.79 Å². The van der Waals surface area contributed by atoms with E-state index in [4.69, 9.17) is 0 Å². The molecule has 0 aliphatic carbocycles. The summed E-state index contributed by atoms with van der Waals surface area (Å²) >= 11 is 1.71. The third-order valence-electron chi connectivity index (χ3n) is 3.90. The number of thiophene rings is 1. The molecule has 21 heavy (non-hydrogen) atoms. The second-order valence-electron chi connectivity index (χ2n) is 5.30. The van der Waals surface area contributed by atoms with Gasteiger partial charge in [0.25, 0.3) is 5.56 Å². The molecular formula is C16H15N3OS. The smallest absolute Gasteiger partial charge is 0.267 e. The monoisotopic (exact) mass is 297 g/mol. The summed E-state index contributed by atoms with van der Waals surface area (Å²) in [6.07, 6.45) is 0.889. The van der Waals surface area contributed by atoms with Gasteiger partial charge in [0.15, 0.2) is 0 Å². The van der Waals surface area contributed by atoms with Gasteiger partial charge in [0, 0.05) is 30.3 Å². The summed E-state index contributed by atoms with van der Waals surface area (Å²) < 4.78 is 2.85. The summed E-state index contributed by atoms with van der Waals surface area (Å²) in [5, 5.41) is 11.2. The fourth-order valence-corrected chi connectivity index (χ4v) is 3.74. The molecule has 3 heterocycles. The number of nitrogens with one attached hydrogen (secondary N) is 1. The molecule has 0 atom stereocenters. The van der Waals surface area contributed by atoms with E-state index in [1.54, 1.807) is 22.1 Å². The molecule has 3 aromatic rings. The Balaban J connectivity index is 1.75. The average molecular weight is 297 g/mol. The van der Waals surface area contributed by atoms with Crippen LogP contribution in [0.15, 0.2) is 40.5 Å². The summed E-state index contributed by atoms with van der Waals surface area (Å²) in [7, 11) is 0. The van der Waals surface area contributed by atoms with Crippen molar-refractivity contribution in [3.05, 3.63) is 62.9 Å². The lowest BCUT2D eigenvalue weighted by atomic mass is 10.1. The van der Waals surface area contributed by atoms with Crippen LogP contribution in [0.4, 0.5) is 0 Å². The van der Waals surface area contributed by atoms with Crippen molar-refractivity contribution in [3.63, 3.8) is 0 Å². The van der Waals surface area contributed by atoms with Crippen LogP contribution in [0.5, 0.6) is 0 Å². The molecule has 0 amide bonds. The van der Waals surface area contributed by atoms with E-state index in [1.807, 2.05) is 12.1 Å². The maximum atomic E-state index is 12.2. The van der Waals surface area contributed by atoms with Gasteiger partial charge in [0.1, 0.15) is 0 Å². The van der Waals surface area contributed by atoms with E-state index in [0.717, 1.165) is 30.8 Å². The normalized spacial score (nSPS) is 14.3. The Labute approximate surface area is 126 Å². The van der Waals surface area contributed by atoms with Crippen molar-refractivity contribution in [1.82, 2.24) is 15.1 Å². The Morgan fingerprint density at radius 1 is 1.33 bits per heavy atom. The van der Waals surface area contributed by atoms with E-state index >= 15 is 0 Å². The number of nitrogens with zero attached hydrogens (tertiary/aromatic N) is 2. The fourth-order valence-electron chi connectivity index (χ4n) is 2.79. The van der Waals surface area contributed by atoms with Gasteiger partial charge >= 0.3 is 0 Å². The SMILES string of the molecule is O=c1cc2c(nn1Cc1csc3ccccc13)CCNC2. The Bertz CT molecular complexity index is 865. The van der Waals surface area contributed by atoms with Crippen LogP contribution in [-0.2, 0) is 19.5 Å². The molecule has 4 nitrogen and oxygen atoms in total. The lowest BCUT2D eigenvalue weighted by Gasteiger charge is -2.16. The molecule has 0 unspecified atom stereocenters. The highest BCUT2D eigenvalue weighted by Crippen LogP contribution is 2.25. The lowest BCUT2D eigenvalue weighted by Crippen LogP contribution is -2.31. The van der Waals surface area contributed by atoms with Crippen molar-refractivity contribution in [2.75, 3.05) is 6.54 Å². The number of benzene rings is 1. The Kier molecular flexibility index (Phi) is 3.09. The van der Waals surface area contributed by atoms with Gasteiger partial charge in [-0.1, -0.05) is 18.2 Å². The van der Waals surface area contributed by atoms with Gasteiger partial charge in [0.2, 0.25) is 0 Å². The van der Waals surface area contributed by atoms with Crippen LogP contribution in [0.2, 0.25) is 0 Å². The standard InChI is InChI=1S/C16H15N3OS/c20-16-7-11-8-17-6-5-14(11)18-19(16)9-12-10-21-15-4-2-1-3-13(12)15/h1-4,7,10,17H,5-6,8-9H2. The molecule has 2 aromatic heterocycles. The summed E-state index contributed by atoms with van der Waals surface area (Å²) in [5.74, 6) is 0. The minimum Gasteiger partial charge on any atom is -0.312 e. The van der Waals surface area contributed by atoms with Crippen LogP contribution < -0.4 is 10.9 Å². The van der Waals surface area contributed by atoms with Gasteiger partial charge in [-0.05, 0) is 28.0 Å². The van der Waals surface area contributed by atoms with E-state index in [1.165, 1.54) is 15.6 Å². The van der Waals surface area contributed by atoms with E-state index < -0.39 is 0 Å². The number of rotatable bonds is 2. The Morgan fingerprint density at radius 2 is 2.24 bits per heavy atom. The Hall–Kier alpha value is -1.98. The molecule has 1 aromatic carbocycles. The molecule has 1 aliphatic rings. The number of aromatic nitrogens is 2. The second kappa shape index (κ2) is 5.09. The minimum atomic E-state index is -0.0206. The molecule has 0 fully saturated rings. The van der Waals surface area contributed by atoms with Crippen LogP contribution in [0, 0.1) is 0 Å². The molecule has 0 saturated carbocycles. The van der Waals surface area contributed by atoms with Crippen molar-refractivity contribution in [2.24, 2.45) is 0 Å². The van der Waals surface area contributed by atoms with E-state index in [0.29, 0.717) is 6.54 Å². The highest BCUT2D eigenvalue weighted by atomic mass is 32.1. The molecule has 1 aliphatic heterocycles. The molecule has 0 spiro atoms. The molecule has 1 N–H and O–H groups in total. The van der Waals surface area contributed by atoms with Crippen molar-refractivity contribution >= 4 is 21.4 Å². The zero-order valence-corrected chi connectivity index (χ0v) is 12.3. The maximum absolute atomic E-state index is 12.2. The molecule has 5 heteroatoms. The Morgan fingerprint density at radius 3 is 3.19 bits per heavy atom. The summed E-state index contributed by atoms with van der Waals surface area (Å²) in [5.41, 5.74) is 3.23. The van der Waals surface area contributed by atoms with Crippen LogP contribution in [0.25, 0.3) is 10.1 Å². The largest absolute Gasteiger partial charge is 0.312 e. The first kappa shape index (κ1) is 12.7. The third kappa shape index (κ3) is 2.28. The first-order valence-corrected chi connectivity index (χ1v) is 7.95. The quantitative estimate of drug-likeness (QED) is 0.788. The first-order chi connectivity index (χ1) is 10.3. The average Bonchev–Trinajstić information content (AvgIpc) is 2.91. The molecule has 0 saturated heterocycles. The third-order valence-corrected chi connectivity index (χ3v) is 4.91. The van der Waals surface area contributed by atoms with Crippen molar-refractivity contribution in [1.29, 1.82) is 0 Å². The van der Waals surface area contributed by atoms with Crippen LogP contribution >= 0.6 is 11.3 Å². The van der Waals surface area contributed by atoms with Crippen LogP contribution in [-0.4, -0.2) is 16.3 Å². The second-order valence-corrected chi connectivity index (χ2v) is 6.21. The first-order valence-electron chi connectivity index (χ1n) is 7.07. The van der Waals surface area contributed by atoms with Gasteiger partial charge in [-0.3, -0.25) is 4.79 Å². The molecule has 0 radical (unpaired) electrons. The van der Waals surface area contributed by atoms with E-state index in [-0.39, 0.29) is 5.56 Å². The highest BCUT2D eigenvalue weighted by molar-refractivity contribution is 7.17. The molecule has 0 bridgehead atoms. The van der Waals surface area contributed by atoms with Crippen LogP contribution in [0.3, 0.4) is 0 Å². The topological polar surface area (TPSA) is 46.9 Å². The van der Waals surface area contributed by atoms with Crippen molar-refractivity contribution in [3.8, 4) is 0 Å². The summed E-state index contributed by atoms with van der Waals surface area (Å²) in [6.45, 7) is 2.23. The number of hydrogen-bond acceptors (Lipinski definition) is 4. The highest BCUT2D eigenvalue weighted by Gasteiger charge is 2.13. The zero-order chi connectivity index (χ0) is 14.2. The lowest BCUT2D eigenvalue weighted by molar-refractivity contribution is 0.564. The van der Waals surface area contributed by atoms with Crippen molar-refractivity contribution < 1.29 is 0 Å². The molecule has 106 valence electrons. The predicted octanol–water partition coefficient (Wildman–Crippen LogP) is 2.15. The predicted molar refractivity (Wildman–Crippen MR) is 84.8 cm³/mol. The van der Waals surface area contributed by atoms with Gasteiger partial charge in [-0.15, -0.1) is 11.3 Å². The van der Waals surface area contributed by atoms with Gasteiger partial charge in [-0.25, -0.2) is 4.68 Å². The maximum Gasteiger partial charge on any atom is 0.267 e. The number of hydrogen-bond donors (Lipinski definition) is 1. The van der Waals surface area contributed by atoms with Crippen LogP contribution in [0.1, 0.15) is 16.8 Å². The zero-order valence-electron chi connectivity index (χ0n) is 11.5. The van der Waals surface area contributed by atoms with Gasteiger partial charge < -0.3 is 5.32 Å². The summed E-state index contributed by atoms with van der Waals surface area (Å²) in [4.78, 5) is 12.2. The minimum absolute atomic E-state index is 0.0206. The van der Waals surface area contributed by atoms with Gasteiger partial charge in [0.05, 0.1) is 12.2 Å². The van der Waals surface area contributed by atoms with E-state index in [2.05, 4.69) is 27.9 Å². The number of fused-ring (bicyclic) bond motifs is 2.